The second-order valence-corrected chi connectivity index (χ2v) is 7.37. The first-order chi connectivity index (χ1) is 8.18. The van der Waals surface area contributed by atoms with Crippen LogP contribution in [0.2, 0.25) is 10.0 Å². The maximum absolute atomic E-state index is 6.38. The van der Waals surface area contributed by atoms with Gasteiger partial charge in [-0.25, -0.2) is 0 Å². The van der Waals surface area contributed by atoms with Crippen molar-refractivity contribution in [3.8, 4) is 0 Å². The van der Waals surface area contributed by atoms with E-state index in [4.69, 9.17) is 28.9 Å². The standard InChI is InChI=1S/C15H21Cl2N/c1-14(2)13(15(14,3)4)12(18)7-9-5-6-10(16)8-11(9)17/h5-6,8,12-13H,7,18H2,1-4H3. The van der Waals surface area contributed by atoms with E-state index >= 15 is 0 Å². The van der Waals surface area contributed by atoms with Crippen LogP contribution in [0.1, 0.15) is 33.3 Å². The molecule has 0 saturated heterocycles. The summed E-state index contributed by atoms with van der Waals surface area (Å²) in [6, 6.07) is 5.79. The molecule has 1 aliphatic carbocycles. The molecule has 100 valence electrons. The highest BCUT2D eigenvalue weighted by molar-refractivity contribution is 6.35. The molecule has 0 radical (unpaired) electrons. The maximum atomic E-state index is 6.38. The number of benzene rings is 1. The minimum atomic E-state index is 0.147. The smallest absolute Gasteiger partial charge is 0.0453 e. The van der Waals surface area contributed by atoms with Crippen LogP contribution in [0, 0.1) is 16.7 Å². The highest BCUT2D eigenvalue weighted by atomic mass is 35.5. The van der Waals surface area contributed by atoms with Gasteiger partial charge in [0.2, 0.25) is 0 Å². The predicted octanol–water partition coefficient (Wildman–Crippen LogP) is 4.55. The number of hydrogen-bond acceptors (Lipinski definition) is 1. The summed E-state index contributed by atoms with van der Waals surface area (Å²) in [4.78, 5) is 0. The molecule has 1 atom stereocenters. The molecule has 0 spiro atoms. The fraction of sp³-hybridized carbons (Fsp3) is 0.600. The van der Waals surface area contributed by atoms with Gasteiger partial charge in [0.15, 0.2) is 0 Å². The lowest BCUT2D eigenvalue weighted by Gasteiger charge is -2.15. The molecule has 2 rings (SSSR count). The molecule has 1 unspecified atom stereocenters. The average Bonchev–Trinajstić information content (AvgIpc) is 2.62. The molecule has 18 heavy (non-hydrogen) atoms. The summed E-state index contributed by atoms with van der Waals surface area (Å²) in [7, 11) is 0. The number of rotatable bonds is 3. The predicted molar refractivity (Wildman–Crippen MR) is 79.2 cm³/mol. The van der Waals surface area contributed by atoms with Crippen molar-refractivity contribution in [1.82, 2.24) is 0 Å². The quantitative estimate of drug-likeness (QED) is 0.867. The molecule has 1 saturated carbocycles. The number of hydrogen-bond donors (Lipinski definition) is 1. The summed E-state index contributed by atoms with van der Waals surface area (Å²) < 4.78 is 0. The van der Waals surface area contributed by atoms with Gasteiger partial charge in [-0.15, -0.1) is 0 Å². The van der Waals surface area contributed by atoms with Gasteiger partial charge in [0.1, 0.15) is 0 Å². The van der Waals surface area contributed by atoms with Crippen molar-refractivity contribution >= 4 is 23.2 Å². The monoisotopic (exact) mass is 285 g/mol. The van der Waals surface area contributed by atoms with Gasteiger partial charge in [-0.2, -0.15) is 0 Å². The molecule has 1 nitrogen and oxygen atoms in total. The third kappa shape index (κ3) is 2.17. The molecule has 1 aliphatic rings. The summed E-state index contributed by atoms with van der Waals surface area (Å²) in [5.41, 5.74) is 8.09. The summed E-state index contributed by atoms with van der Waals surface area (Å²) in [5, 5.41) is 1.39. The first-order valence-electron chi connectivity index (χ1n) is 6.37. The Balaban J connectivity index is 2.12. The zero-order valence-electron chi connectivity index (χ0n) is 11.4. The minimum absolute atomic E-state index is 0.147. The Kier molecular flexibility index (Phi) is 3.46. The molecule has 1 fully saturated rings. The van der Waals surface area contributed by atoms with Gasteiger partial charge >= 0.3 is 0 Å². The fourth-order valence-electron chi connectivity index (χ4n) is 3.38. The van der Waals surface area contributed by atoms with Crippen LogP contribution in [-0.4, -0.2) is 6.04 Å². The van der Waals surface area contributed by atoms with Gasteiger partial charge in [0, 0.05) is 16.1 Å². The number of halogens is 2. The fourth-order valence-corrected chi connectivity index (χ4v) is 3.86. The van der Waals surface area contributed by atoms with Crippen LogP contribution >= 0.6 is 23.2 Å². The average molecular weight is 286 g/mol. The van der Waals surface area contributed by atoms with E-state index in [0.717, 1.165) is 12.0 Å². The van der Waals surface area contributed by atoms with Crippen LogP contribution in [0.3, 0.4) is 0 Å². The molecular weight excluding hydrogens is 265 g/mol. The molecule has 0 aliphatic heterocycles. The summed E-state index contributed by atoms with van der Waals surface area (Å²) >= 11 is 12.1. The molecule has 0 aromatic heterocycles. The van der Waals surface area contributed by atoms with Crippen LogP contribution in [0.25, 0.3) is 0 Å². The largest absolute Gasteiger partial charge is 0.327 e. The van der Waals surface area contributed by atoms with Crippen molar-refractivity contribution < 1.29 is 0 Å². The van der Waals surface area contributed by atoms with Gasteiger partial charge < -0.3 is 5.73 Å². The zero-order chi connectivity index (χ0) is 13.7. The van der Waals surface area contributed by atoms with Crippen molar-refractivity contribution in [1.29, 1.82) is 0 Å². The Morgan fingerprint density at radius 2 is 1.72 bits per heavy atom. The molecule has 0 bridgehead atoms. The van der Waals surface area contributed by atoms with Crippen molar-refractivity contribution in [2.45, 2.75) is 40.2 Å². The van der Waals surface area contributed by atoms with Gasteiger partial charge in [-0.05, 0) is 40.9 Å². The van der Waals surface area contributed by atoms with E-state index in [2.05, 4.69) is 27.7 Å². The summed E-state index contributed by atoms with van der Waals surface area (Å²) in [6.07, 6.45) is 0.813. The Hall–Kier alpha value is -0.240. The minimum Gasteiger partial charge on any atom is -0.327 e. The second kappa shape index (κ2) is 4.40. The Labute approximate surface area is 120 Å². The highest BCUT2D eigenvalue weighted by Gasteiger charge is 2.66. The van der Waals surface area contributed by atoms with E-state index in [1.165, 1.54) is 0 Å². The molecular formula is C15H21Cl2N. The van der Waals surface area contributed by atoms with Crippen molar-refractivity contribution in [3.63, 3.8) is 0 Å². The normalized spacial score (nSPS) is 22.8. The van der Waals surface area contributed by atoms with E-state index in [1.807, 2.05) is 12.1 Å². The van der Waals surface area contributed by atoms with Crippen LogP contribution in [-0.2, 0) is 6.42 Å². The van der Waals surface area contributed by atoms with E-state index < -0.39 is 0 Å². The van der Waals surface area contributed by atoms with Gasteiger partial charge in [0.05, 0.1) is 0 Å². The van der Waals surface area contributed by atoms with Crippen LogP contribution in [0.5, 0.6) is 0 Å². The van der Waals surface area contributed by atoms with Crippen LogP contribution in [0.15, 0.2) is 18.2 Å². The van der Waals surface area contributed by atoms with E-state index in [-0.39, 0.29) is 6.04 Å². The van der Waals surface area contributed by atoms with Crippen LogP contribution in [0.4, 0.5) is 0 Å². The third-order valence-corrected chi connectivity index (χ3v) is 5.62. The third-order valence-electron chi connectivity index (χ3n) is 5.03. The lowest BCUT2D eigenvalue weighted by atomic mass is 9.98. The Morgan fingerprint density at radius 1 is 1.17 bits per heavy atom. The lowest BCUT2D eigenvalue weighted by molar-refractivity contribution is 0.457. The zero-order valence-corrected chi connectivity index (χ0v) is 12.9. The summed E-state index contributed by atoms with van der Waals surface area (Å²) in [5.74, 6) is 0.539. The van der Waals surface area contributed by atoms with E-state index in [0.29, 0.717) is 26.8 Å². The van der Waals surface area contributed by atoms with Crippen molar-refractivity contribution in [2.24, 2.45) is 22.5 Å². The topological polar surface area (TPSA) is 26.0 Å². The molecule has 0 amide bonds. The SMILES string of the molecule is CC1(C)C(C(N)Cc2ccc(Cl)cc2Cl)C1(C)C. The molecule has 1 aromatic rings. The highest BCUT2D eigenvalue weighted by Crippen LogP contribution is 2.69. The molecule has 0 heterocycles. The Bertz CT molecular complexity index is 452. The molecule has 1 aromatic carbocycles. The first kappa shape index (κ1) is 14.2. The van der Waals surface area contributed by atoms with Crippen molar-refractivity contribution in [2.75, 3.05) is 0 Å². The lowest BCUT2D eigenvalue weighted by Crippen LogP contribution is -2.28. The number of nitrogens with two attached hydrogens (primary N) is 1. The second-order valence-electron chi connectivity index (χ2n) is 6.52. The van der Waals surface area contributed by atoms with Gasteiger partial charge in [0.25, 0.3) is 0 Å². The van der Waals surface area contributed by atoms with Crippen LogP contribution < -0.4 is 5.73 Å². The molecule has 2 N–H and O–H groups in total. The molecule has 3 heteroatoms. The van der Waals surface area contributed by atoms with E-state index in [1.54, 1.807) is 6.07 Å². The van der Waals surface area contributed by atoms with E-state index in [9.17, 15) is 0 Å². The van der Waals surface area contributed by atoms with Crippen molar-refractivity contribution in [3.05, 3.63) is 33.8 Å². The Morgan fingerprint density at radius 3 is 2.17 bits per heavy atom. The van der Waals surface area contributed by atoms with Gasteiger partial charge in [-0.1, -0.05) is 57.0 Å². The first-order valence-corrected chi connectivity index (χ1v) is 7.13. The maximum Gasteiger partial charge on any atom is 0.0453 e. The van der Waals surface area contributed by atoms with Gasteiger partial charge in [-0.3, -0.25) is 0 Å². The summed E-state index contributed by atoms with van der Waals surface area (Å²) in [6.45, 7) is 9.17.